The molecule has 0 amide bonds. The van der Waals surface area contributed by atoms with Crippen molar-refractivity contribution in [3.05, 3.63) is 102 Å². The van der Waals surface area contributed by atoms with Gasteiger partial charge >= 0.3 is 0 Å². The van der Waals surface area contributed by atoms with Gasteiger partial charge < -0.3 is 13.9 Å². The number of rotatable bonds is 3. The summed E-state index contributed by atoms with van der Waals surface area (Å²) in [5.74, 6) is 4.34. The summed E-state index contributed by atoms with van der Waals surface area (Å²) in [6.45, 7) is 9.07. The van der Waals surface area contributed by atoms with Crippen LogP contribution in [-0.2, 0) is 19.9 Å². The second kappa shape index (κ2) is 9.64. The van der Waals surface area contributed by atoms with E-state index in [1.165, 1.54) is 16.8 Å². The Morgan fingerprint density at radius 1 is 0.737 bits per heavy atom. The van der Waals surface area contributed by atoms with Crippen LogP contribution in [0.25, 0.3) is 28.3 Å². The van der Waals surface area contributed by atoms with Crippen LogP contribution in [0.15, 0.2) is 79.1 Å². The Bertz CT molecular complexity index is 1600. The largest absolute Gasteiger partial charge is 0.457 e. The zero-order valence-corrected chi connectivity index (χ0v) is 22.8. The molecule has 1 aliphatic rings. The lowest BCUT2D eigenvalue weighted by Crippen LogP contribution is -2.10. The number of nitrogens with zero attached hydrogens (tertiary/aromatic N) is 4. The maximum atomic E-state index is 6.32. The highest BCUT2D eigenvalue weighted by atomic mass is 16.5. The first-order valence-electron chi connectivity index (χ1n) is 13.5. The van der Waals surface area contributed by atoms with Crippen molar-refractivity contribution in [1.29, 1.82) is 0 Å². The molecule has 0 aliphatic carbocycles. The normalized spacial score (nSPS) is 12.8. The average Bonchev–Trinajstić information content (AvgIpc) is 3.50. The lowest BCUT2D eigenvalue weighted by molar-refractivity contribution is 0.483. The minimum atomic E-state index is 0.393. The monoisotopic (exact) mass is 502 g/mol. The molecule has 2 aromatic heterocycles. The van der Waals surface area contributed by atoms with Crippen LogP contribution in [0.2, 0.25) is 0 Å². The van der Waals surface area contributed by atoms with Gasteiger partial charge in [-0.15, -0.1) is 0 Å². The molecule has 5 aromatic rings. The lowest BCUT2D eigenvalue weighted by Gasteiger charge is -2.21. The molecule has 5 nitrogen and oxygen atoms in total. The van der Waals surface area contributed by atoms with Gasteiger partial charge in [-0.1, -0.05) is 70.2 Å². The van der Waals surface area contributed by atoms with E-state index in [4.69, 9.17) is 14.7 Å². The van der Waals surface area contributed by atoms with Crippen LogP contribution >= 0.6 is 0 Å². The van der Waals surface area contributed by atoms with E-state index in [9.17, 15) is 0 Å². The zero-order chi connectivity index (χ0) is 26.4. The molecule has 3 heterocycles. The fourth-order valence-electron chi connectivity index (χ4n) is 5.43. The predicted octanol–water partition coefficient (Wildman–Crippen LogP) is 8.08. The second-order valence-corrected chi connectivity index (χ2v) is 10.8. The molecule has 0 N–H and O–H groups in total. The topological polar surface area (TPSA) is 44.9 Å². The Hall–Kier alpha value is -4.12. The van der Waals surface area contributed by atoms with Crippen molar-refractivity contribution in [1.82, 2.24) is 19.1 Å². The zero-order valence-electron chi connectivity index (χ0n) is 22.8. The van der Waals surface area contributed by atoms with Gasteiger partial charge in [-0.05, 0) is 53.6 Å². The molecular formula is C33H34N4O. The molecule has 192 valence electrons. The molecule has 0 atom stereocenters. The van der Waals surface area contributed by atoms with E-state index >= 15 is 0 Å². The molecule has 38 heavy (non-hydrogen) atoms. The van der Waals surface area contributed by atoms with Gasteiger partial charge in [0.25, 0.3) is 0 Å². The fourth-order valence-corrected chi connectivity index (χ4v) is 5.43. The number of fused-ring (bicyclic) bond motifs is 10. The van der Waals surface area contributed by atoms with Gasteiger partial charge in [0.2, 0.25) is 0 Å². The van der Waals surface area contributed by atoms with Gasteiger partial charge in [-0.2, -0.15) is 0 Å². The number of ether oxygens (including phenoxy) is 1. The van der Waals surface area contributed by atoms with Crippen molar-refractivity contribution < 1.29 is 4.74 Å². The smallest absolute Gasteiger partial charge is 0.140 e. The molecule has 0 saturated heterocycles. The van der Waals surface area contributed by atoms with Crippen molar-refractivity contribution in [2.45, 2.75) is 52.4 Å². The first kappa shape index (κ1) is 24.2. The van der Waals surface area contributed by atoms with Crippen LogP contribution in [-0.4, -0.2) is 19.1 Å². The van der Waals surface area contributed by atoms with E-state index in [1.807, 2.05) is 24.3 Å². The van der Waals surface area contributed by atoms with Crippen molar-refractivity contribution >= 4 is 0 Å². The third kappa shape index (κ3) is 4.43. The molecule has 0 saturated carbocycles. The van der Waals surface area contributed by atoms with Crippen LogP contribution in [0, 0.1) is 0 Å². The highest BCUT2D eigenvalue weighted by molar-refractivity contribution is 5.64. The molecule has 0 fully saturated rings. The maximum Gasteiger partial charge on any atom is 0.140 e. The minimum Gasteiger partial charge on any atom is -0.457 e. The first-order chi connectivity index (χ1) is 18.4. The number of aryl methyl sites for hydroxylation is 3. The number of benzene rings is 3. The quantitative estimate of drug-likeness (QED) is 0.250. The fraction of sp³-hybridized carbons (Fsp3) is 0.273. The van der Waals surface area contributed by atoms with Crippen LogP contribution in [0.3, 0.4) is 0 Å². The molecule has 8 bridgehead atoms. The van der Waals surface area contributed by atoms with E-state index < -0.39 is 0 Å². The highest BCUT2D eigenvalue weighted by Gasteiger charge is 2.21. The van der Waals surface area contributed by atoms with Gasteiger partial charge in [0.15, 0.2) is 0 Å². The standard InChI is InChI=1S/C33H34N4O/c1-21(2)28-13-8-14-29(22(3)4)32(28)37-20-30-23-9-6-11-26(17-23)38-27-12-7-10-24(18-27)33-34-25(19-36(33)5)15-16-31(37)35-30/h6-14,17-22H,15-16H2,1-5H3. The Kier molecular flexibility index (Phi) is 6.15. The van der Waals surface area contributed by atoms with Crippen LogP contribution < -0.4 is 4.74 Å². The summed E-state index contributed by atoms with van der Waals surface area (Å²) in [5.41, 5.74) is 8.03. The Labute approximate surface area is 224 Å². The van der Waals surface area contributed by atoms with Crippen molar-refractivity contribution in [2.75, 3.05) is 0 Å². The van der Waals surface area contributed by atoms with E-state index in [2.05, 4.69) is 98.7 Å². The van der Waals surface area contributed by atoms with Crippen LogP contribution in [0.1, 0.15) is 62.2 Å². The third-order valence-electron chi connectivity index (χ3n) is 7.35. The molecule has 0 spiro atoms. The summed E-state index contributed by atoms with van der Waals surface area (Å²) >= 11 is 0. The van der Waals surface area contributed by atoms with E-state index in [-0.39, 0.29) is 0 Å². The van der Waals surface area contributed by atoms with Gasteiger partial charge in [0.1, 0.15) is 23.1 Å². The summed E-state index contributed by atoms with van der Waals surface area (Å²) in [4.78, 5) is 10.2. The number of aromatic nitrogens is 4. The predicted molar refractivity (Wildman–Crippen MR) is 153 cm³/mol. The summed E-state index contributed by atoms with van der Waals surface area (Å²) in [6.07, 6.45) is 5.93. The maximum absolute atomic E-state index is 6.32. The van der Waals surface area contributed by atoms with E-state index in [1.54, 1.807) is 0 Å². The van der Waals surface area contributed by atoms with Gasteiger partial charge in [-0.3, -0.25) is 0 Å². The molecule has 1 aliphatic heterocycles. The molecule has 0 unspecified atom stereocenters. The van der Waals surface area contributed by atoms with Gasteiger partial charge in [0, 0.05) is 37.0 Å². The highest BCUT2D eigenvalue weighted by Crippen LogP contribution is 2.35. The van der Waals surface area contributed by atoms with Gasteiger partial charge in [0.05, 0.1) is 17.1 Å². The Morgan fingerprint density at radius 2 is 1.37 bits per heavy atom. The molecule has 0 radical (unpaired) electrons. The SMILES string of the molecule is CC(C)c1cccc(C(C)C)c1-n1cc2nc1CCc1cn(C)c(n1)-c1cccc(c1)Oc1cccc-2c1. The Morgan fingerprint density at radius 3 is 2.05 bits per heavy atom. The summed E-state index contributed by atoms with van der Waals surface area (Å²) in [6, 6.07) is 23.1. The Balaban J connectivity index is 1.56. The summed E-state index contributed by atoms with van der Waals surface area (Å²) in [7, 11) is 2.05. The summed E-state index contributed by atoms with van der Waals surface area (Å²) in [5, 5.41) is 0. The summed E-state index contributed by atoms with van der Waals surface area (Å²) < 4.78 is 10.8. The molecular weight excluding hydrogens is 468 g/mol. The minimum absolute atomic E-state index is 0.393. The van der Waals surface area contributed by atoms with Crippen molar-refractivity contribution in [3.63, 3.8) is 0 Å². The number of hydrogen-bond acceptors (Lipinski definition) is 3. The second-order valence-electron chi connectivity index (χ2n) is 10.8. The average molecular weight is 503 g/mol. The first-order valence-corrected chi connectivity index (χ1v) is 13.5. The van der Waals surface area contributed by atoms with Gasteiger partial charge in [-0.25, -0.2) is 9.97 Å². The lowest BCUT2D eigenvalue weighted by atomic mass is 9.92. The van der Waals surface area contributed by atoms with E-state index in [0.717, 1.165) is 58.5 Å². The van der Waals surface area contributed by atoms with Crippen molar-refractivity contribution in [2.24, 2.45) is 7.05 Å². The number of imidazole rings is 2. The molecule has 5 heteroatoms. The molecule has 6 rings (SSSR count). The van der Waals surface area contributed by atoms with Crippen LogP contribution in [0.4, 0.5) is 0 Å². The van der Waals surface area contributed by atoms with E-state index in [0.29, 0.717) is 11.8 Å². The van der Waals surface area contributed by atoms with Crippen LogP contribution in [0.5, 0.6) is 11.5 Å². The third-order valence-corrected chi connectivity index (χ3v) is 7.35. The number of para-hydroxylation sites is 1. The van der Waals surface area contributed by atoms with Crippen molar-refractivity contribution in [3.8, 4) is 39.8 Å². The number of hydrogen-bond donors (Lipinski definition) is 0. The molecule has 3 aromatic carbocycles.